The molecule has 0 aliphatic heterocycles. The molecule has 0 amide bonds. The Morgan fingerprint density at radius 2 is 1.65 bits per heavy atom. The minimum atomic E-state index is 0.445. The standard InChI is InChI=1S/C13H16N4/c1-9(2)10-7-15-13(16-8-10)17-12-5-3-11(14)4-6-12/h3-9H,14H2,1-2H3,(H,15,16,17). The summed E-state index contributed by atoms with van der Waals surface area (Å²) >= 11 is 0. The number of anilines is 3. The topological polar surface area (TPSA) is 63.8 Å². The van der Waals surface area contributed by atoms with Crippen molar-refractivity contribution in [1.82, 2.24) is 9.97 Å². The summed E-state index contributed by atoms with van der Waals surface area (Å²) in [4.78, 5) is 8.53. The lowest BCUT2D eigenvalue weighted by molar-refractivity contribution is 0.847. The zero-order valence-electron chi connectivity index (χ0n) is 10.0. The Balaban J connectivity index is 2.11. The lowest BCUT2D eigenvalue weighted by Gasteiger charge is -2.07. The molecule has 1 aromatic carbocycles. The van der Waals surface area contributed by atoms with Crippen LogP contribution in [-0.2, 0) is 0 Å². The molecule has 88 valence electrons. The Morgan fingerprint density at radius 3 is 2.18 bits per heavy atom. The largest absolute Gasteiger partial charge is 0.399 e. The molecule has 2 rings (SSSR count). The van der Waals surface area contributed by atoms with Gasteiger partial charge in [-0.1, -0.05) is 13.8 Å². The fraction of sp³-hybridized carbons (Fsp3) is 0.231. The van der Waals surface area contributed by atoms with Gasteiger partial charge in [-0.2, -0.15) is 0 Å². The average molecular weight is 228 g/mol. The van der Waals surface area contributed by atoms with Crippen LogP contribution in [0.25, 0.3) is 0 Å². The molecule has 1 heterocycles. The molecule has 1 aromatic heterocycles. The van der Waals surface area contributed by atoms with E-state index in [-0.39, 0.29) is 0 Å². The third-order valence-corrected chi connectivity index (χ3v) is 2.51. The van der Waals surface area contributed by atoms with E-state index < -0.39 is 0 Å². The summed E-state index contributed by atoms with van der Waals surface area (Å²) in [5.41, 5.74) is 8.42. The maximum Gasteiger partial charge on any atom is 0.227 e. The third kappa shape index (κ3) is 2.93. The van der Waals surface area contributed by atoms with Gasteiger partial charge in [0.25, 0.3) is 0 Å². The fourth-order valence-electron chi connectivity index (χ4n) is 1.40. The van der Waals surface area contributed by atoms with Crippen LogP contribution in [0.5, 0.6) is 0 Å². The van der Waals surface area contributed by atoms with Gasteiger partial charge in [-0.3, -0.25) is 0 Å². The van der Waals surface area contributed by atoms with Crippen LogP contribution in [0.1, 0.15) is 25.3 Å². The minimum absolute atomic E-state index is 0.445. The van der Waals surface area contributed by atoms with Crippen molar-refractivity contribution in [3.8, 4) is 0 Å². The molecule has 4 nitrogen and oxygen atoms in total. The predicted molar refractivity (Wildman–Crippen MR) is 70.3 cm³/mol. The van der Waals surface area contributed by atoms with Crippen molar-refractivity contribution in [3.05, 3.63) is 42.2 Å². The summed E-state index contributed by atoms with van der Waals surface area (Å²) < 4.78 is 0. The lowest BCUT2D eigenvalue weighted by atomic mass is 10.1. The Morgan fingerprint density at radius 1 is 1.06 bits per heavy atom. The number of nitrogens with zero attached hydrogens (tertiary/aromatic N) is 2. The van der Waals surface area contributed by atoms with Crippen molar-refractivity contribution >= 4 is 17.3 Å². The van der Waals surface area contributed by atoms with E-state index in [2.05, 4.69) is 29.1 Å². The van der Waals surface area contributed by atoms with E-state index in [9.17, 15) is 0 Å². The third-order valence-electron chi connectivity index (χ3n) is 2.51. The number of nitrogens with one attached hydrogen (secondary N) is 1. The summed E-state index contributed by atoms with van der Waals surface area (Å²) in [6.07, 6.45) is 3.69. The maximum atomic E-state index is 5.61. The summed E-state index contributed by atoms with van der Waals surface area (Å²) in [6.45, 7) is 4.23. The van der Waals surface area contributed by atoms with Crippen molar-refractivity contribution in [3.63, 3.8) is 0 Å². The van der Waals surface area contributed by atoms with Crippen LogP contribution < -0.4 is 11.1 Å². The normalized spacial score (nSPS) is 10.5. The highest BCUT2D eigenvalue weighted by Gasteiger charge is 2.01. The van der Waals surface area contributed by atoms with E-state index in [4.69, 9.17) is 5.73 Å². The molecule has 4 heteroatoms. The summed E-state index contributed by atoms with van der Waals surface area (Å²) in [5, 5.41) is 3.12. The zero-order chi connectivity index (χ0) is 12.3. The summed E-state index contributed by atoms with van der Waals surface area (Å²) in [7, 11) is 0. The molecule has 17 heavy (non-hydrogen) atoms. The number of nitrogen functional groups attached to an aromatic ring is 1. The number of benzene rings is 1. The van der Waals surface area contributed by atoms with Gasteiger partial charge in [0.2, 0.25) is 5.95 Å². The van der Waals surface area contributed by atoms with E-state index in [1.54, 1.807) is 0 Å². The first-order valence-corrected chi connectivity index (χ1v) is 5.59. The van der Waals surface area contributed by atoms with Crippen molar-refractivity contribution in [2.75, 3.05) is 11.1 Å². The van der Waals surface area contributed by atoms with Gasteiger partial charge in [0, 0.05) is 23.8 Å². The van der Waals surface area contributed by atoms with Crippen molar-refractivity contribution < 1.29 is 0 Å². The number of hydrogen-bond donors (Lipinski definition) is 2. The molecule has 0 aliphatic carbocycles. The van der Waals surface area contributed by atoms with Gasteiger partial charge in [-0.15, -0.1) is 0 Å². The second-order valence-corrected chi connectivity index (χ2v) is 4.24. The van der Waals surface area contributed by atoms with Crippen LogP contribution in [0.4, 0.5) is 17.3 Å². The highest BCUT2D eigenvalue weighted by Crippen LogP contribution is 2.16. The van der Waals surface area contributed by atoms with Crippen LogP contribution in [0, 0.1) is 0 Å². The Kier molecular flexibility index (Phi) is 3.23. The number of hydrogen-bond acceptors (Lipinski definition) is 4. The van der Waals surface area contributed by atoms with Gasteiger partial charge in [0.1, 0.15) is 0 Å². The molecule has 0 unspecified atom stereocenters. The number of aromatic nitrogens is 2. The fourth-order valence-corrected chi connectivity index (χ4v) is 1.40. The highest BCUT2D eigenvalue weighted by molar-refractivity contribution is 5.56. The van der Waals surface area contributed by atoms with Gasteiger partial charge < -0.3 is 11.1 Å². The first kappa shape index (κ1) is 11.4. The van der Waals surface area contributed by atoms with Crippen LogP contribution in [0.15, 0.2) is 36.7 Å². The molecule has 0 aliphatic rings. The number of nitrogens with two attached hydrogens (primary N) is 1. The smallest absolute Gasteiger partial charge is 0.227 e. The zero-order valence-corrected chi connectivity index (χ0v) is 10.0. The first-order valence-electron chi connectivity index (χ1n) is 5.59. The first-order chi connectivity index (χ1) is 8.15. The van der Waals surface area contributed by atoms with Crippen LogP contribution in [0.3, 0.4) is 0 Å². The minimum Gasteiger partial charge on any atom is -0.399 e. The van der Waals surface area contributed by atoms with E-state index in [0.29, 0.717) is 11.9 Å². The molecule has 0 radical (unpaired) electrons. The second kappa shape index (κ2) is 4.82. The predicted octanol–water partition coefficient (Wildman–Crippen LogP) is 2.93. The molecular formula is C13H16N4. The van der Waals surface area contributed by atoms with Crippen LogP contribution in [0.2, 0.25) is 0 Å². The van der Waals surface area contributed by atoms with Crippen LogP contribution in [-0.4, -0.2) is 9.97 Å². The van der Waals surface area contributed by atoms with Crippen molar-refractivity contribution in [1.29, 1.82) is 0 Å². The van der Waals surface area contributed by atoms with Crippen molar-refractivity contribution in [2.24, 2.45) is 0 Å². The van der Waals surface area contributed by atoms with E-state index in [1.807, 2.05) is 36.7 Å². The quantitative estimate of drug-likeness (QED) is 0.793. The van der Waals surface area contributed by atoms with Crippen molar-refractivity contribution in [2.45, 2.75) is 19.8 Å². The van der Waals surface area contributed by atoms with E-state index in [1.165, 1.54) is 0 Å². The molecule has 2 aromatic rings. The van der Waals surface area contributed by atoms with Gasteiger partial charge in [-0.25, -0.2) is 9.97 Å². The SMILES string of the molecule is CC(C)c1cnc(Nc2ccc(N)cc2)nc1. The Labute approximate surface area is 101 Å². The molecule has 0 saturated carbocycles. The summed E-state index contributed by atoms with van der Waals surface area (Å²) in [6, 6.07) is 7.47. The molecular weight excluding hydrogens is 212 g/mol. The average Bonchev–Trinajstić information content (AvgIpc) is 2.33. The van der Waals surface area contributed by atoms with Gasteiger partial charge in [0.05, 0.1) is 0 Å². The van der Waals surface area contributed by atoms with E-state index >= 15 is 0 Å². The lowest BCUT2D eigenvalue weighted by Crippen LogP contribution is -1.99. The second-order valence-electron chi connectivity index (χ2n) is 4.24. The molecule has 0 bridgehead atoms. The van der Waals surface area contributed by atoms with Gasteiger partial charge in [-0.05, 0) is 35.7 Å². The van der Waals surface area contributed by atoms with Crippen LogP contribution >= 0.6 is 0 Å². The summed E-state index contributed by atoms with van der Waals surface area (Å²) in [5.74, 6) is 1.04. The maximum absolute atomic E-state index is 5.61. The molecule has 0 atom stereocenters. The highest BCUT2D eigenvalue weighted by atomic mass is 15.1. The van der Waals surface area contributed by atoms with Gasteiger partial charge in [0.15, 0.2) is 0 Å². The molecule has 0 saturated heterocycles. The van der Waals surface area contributed by atoms with E-state index in [0.717, 1.165) is 16.9 Å². The Hall–Kier alpha value is -2.10. The molecule has 0 spiro atoms. The van der Waals surface area contributed by atoms with Gasteiger partial charge >= 0.3 is 0 Å². The molecule has 3 N–H and O–H groups in total. The Bertz CT molecular complexity index is 474. The molecule has 0 fully saturated rings. The monoisotopic (exact) mass is 228 g/mol. The number of rotatable bonds is 3.